The highest BCUT2D eigenvalue weighted by molar-refractivity contribution is 6.33. The molecule has 6 rings (SSSR count). The zero-order valence-electron chi connectivity index (χ0n) is 23.9. The topological polar surface area (TPSA) is 89.1 Å². The van der Waals surface area contributed by atoms with Crippen molar-refractivity contribution in [3.63, 3.8) is 0 Å². The minimum absolute atomic E-state index is 0.00535. The van der Waals surface area contributed by atoms with Gasteiger partial charge in [-0.05, 0) is 44.2 Å². The van der Waals surface area contributed by atoms with Crippen LogP contribution < -0.4 is 20.3 Å². The first kappa shape index (κ1) is 27.6. The van der Waals surface area contributed by atoms with Crippen LogP contribution in [0.2, 0.25) is 5.02 Å². The zero-order valence-corrected chi connectivity index (χ0v) is 24.6. The number of amides is 1. The molecule has 2 aromatic carbocycles. The number of fused-ring (bicyclic) bond motifs is 1. The standard InChI is InChI=1S/C30H37ClN8O2/c1-36-14-16-38(17-15-36)20-10-12-39(13-11-20)25-9-8-24(27-21(25)19-37(2)29(27)40)33-28-22(31)18-32-30(35-28)34-23-6-4-5-7-26(23)41-3/h4-9,18,20H,10-17,19H2,1-3H3,(H2,32,33,34,35). The molecule has 0 bridgehead atoms. The quantitative estimate of drug-likeness (QED) is 0.424. The lowest BCUT2D eigenvalue weighted by Crippen LogP contribution is -2.52. The number of aromatic nitrogens is 2. The molecule has 216 valence electrons. The van der Waals surface area contributed by atoms with Crippen molar-refractivity contribution in [2.45, 2.75) is 25.4 Å². The number of piperazine rings is 1. The second-order valence-electron chi connectivity index (χ2n) is 11.0. The fourth-order valence-electron chi connectivity index (χ4n) is 6.11. The Labute approximate surface area is 246 Å². The fraction of sp³-hybridized carbons (Fsp3) is 0.433. The number of carbonyl (C=O) groups is 1. The molecular weight excluding hydrogens is 540 g/mol. The summed E-state index contributed by atoms with van der Waals surface area (Å²) in [5.74, 6) is 1.45. The normalized spacial score (nSPS) is 18.5. The predicted molar refractivity (Wildman–Crippen MR) is 163 cm³/mol. The number of benzene rings is 2. The van der Waals surface area contributed by atoms with Crippen molar-refractivity contribution in [2.24, 2.45) is 0 Å². The Kier molecular flexibility index (Phi) is 7.88. The van der Waals surface area contributed by atoms with Gasteiger partial charge < -0.3 is 30.1 Å². The van der Waals surface area contributed by atoms with Crippen molar-refractivity contribution < 1.29 is 9.53 Å². The monoisotopic (exact) mass is 576 g/mol. The minimum Gasteiger partial charge on any atom is -0.495 e. The highest BCUT2D eigenvalue weighted by Gasteiger charge is 2.34. The number of carbonyl (C=O) groups excluding carboxylic acids is 1. The molecule has 10 nitrogen and oxygen atoms in total. The number of likely N-dealkylation sites (N-methyl/N-ethyl adjacent to an activating group) is 1. The number of hydrogen-bond acceptors (Lipinski definition) is 9. The fourth-order valence-corrected chi connectivity index (χ4v) is 6.25. The van der Waals surface area contributed by atoms with Crippen molar-refractivity contribution in [1.82, 2.24) is 24.7 Å². The molecule has 2 N–H and O–H groups in total. The Hall–Kier alpha value is -3.60. The SMILES string of the molecule is COc1ccccc1Nc1ncc(Cl)c(Nc2ccc(N3CCC(N4CCN(C)CC4)CC3)c3c2C(=O)N(C)C3)n1. The van der Waals surface area contributed by atoms with E-state index in [2.05, 4.69) is 48.4 Å². The molecule has 1 aromatic heterocycles. The molecule has 3 aliphatic heterocycles. The summed E-state index contributed by atoms with van der Waals surface area (Å²) in [6.45, 7) is 7.15. The van der Waals surface area contributed by atoms with Gasteiger partial charge in [0.15, 0.2) is 5.82 Å². The van der Waals surface area contributed by atoms with E-state index in [-0.39, 0.29) is 5.91 Å². The molecule has 0 saturated carbocycles. The smallest absolute Gasteiger partial charge is 0.256 e. The van der Waals surface area contributed by atoms with Gasteiger partial charge >= 0.3 is 0 Å². The summed E-state index contributed by atoms with van der Waals surface area (Å²) >= 11 is 6.51. The molecule has 41 heavy (non-hydrogen) atoms. The largest absolute Gasteiger partial charge is 0.495 e. The second-order valence-corrected chi connectivity index (χ2v) is 11.5. The average molecular weight is 577 g/mol. The molecule has 11 heteroatoms. The molecule has 2 fully saturated rings. The third kappa shape index (κ3) is 5.64. The van der Waals surface area contributed by atoms with Crippen LogP contribution in [0.4, 0.5) is 28.8 Å². The van der Waals surface area contributed by atoms with E-state index in [1.807, 2.05) is 37.4 Å². The molecule has 0 spiro atoms. The first-order chi connectivity index (χ1) is 19.9. The van der Waals surface area contributed by atoms with Crippen LogP contribution >= 0.6 is 11.6 Å². The number of anilines is 5. The van der Waals surface area contributed by atoms with Crippen molar-refractivity contribution in [3.8, 4) is 5.75 Å². The summed E-state index contributed by atoms with van der Waals surface area (Å²) in [5.41, 5.74) is 4.31. The second kappa shape index (κ2) is 11.7. The van der Waals surface area contributed by atoms with Gasteiger partial charge in [0.05, 0.1) is 30.2 Å². The van der Waals surface area contributed by atoms with Crippen LogP contribution in [0.1, 0.15) is 28.8 Å². The summed E-state index contributed by atoms with van der Waals surface area (Å²) in [4.78, 5) is 31.6. The van der Waals surface area contributed by atoms with E-state index >= 15 is 0 Å². The van der Waals surface area contributed by atoms with Crippen LogP contribution in [-0.4, -0.2) is 97.1 Å². The lowest BCUT2D eigenvalue weighted by atomic mass is 9.99. The maximum absolute atomic E-state index is 13.4. The molecule has 0 atom stereocenters. The van der Waals surface area contributed by atoms with E-state index in [1.54, 1.807) is 18.2 Å². The first-order valence-electron chi connectivity index (χ1n) is 14.2. The van der Waals surface area contributed by atoms with Crippen LogP contribution in [0.5, 0.6) is 5.75 Å². The molecule has 3 aromatic rings. The summed E-state index contributed by atoms with van der Waals surface area (Å²) in [7, 11) is 5.67. The lowest BCUT2D eigenvalue weighted by molar-refractivity contribution is 0.0817. The van der Waals surface area contributed by atoms with Crippen molar-refractivity contribution in [1.29, 1.82) is 0 Å². The molecular formula is C30H37ClN8O2. The van der Waals surface area contributed by atoms with Gasteiger partial charge in [-0.2, -0.15) is 4.98 Å². The van der Waals surface area contributed by atoms with Crippen molar-refractivity contribution in [2.75, 3.05) is 76.0 Å². The van der Waals surface area contributed by atoms with Gasteiger partial charge in [-0.3, -0.25) is 9.69 Å². The number of ether oxygens (including phenoxy) is 1. The molecule has 1 amide bonds. The third-order valence-electron chi connectivity index (χ3n) is 8.45. The van der Waals surface area contributed by atoms with Gasteiger partial charge in [-0.1, -0.05) is 23.7 Å². The maximum atomic E-state index is 13.4. The van der Waals surface area contributed by atoms with E-state index in [0.29, 0.717) is 46.4 Å². The van der Waals surface area contributed by atoms with Crippen LogP contribution in [0.25, 0.3) is 0 Å². The Bertz CT molecular complexity index is 1420. The number of piperidine rings is 1. The number of para-hydroxylation sites is 2. The molecule has 0 unspecified atom stereocenters. The highest BCUT2D eigenvalue weighted by Crippen LogP contribution is 2.39. The molecule has 0 aliphatic carbocycles. The van der Waals surface area contributed by atoms with Gasteiger partial charge in [0.25, 0.3) is 5.91 Å². The predicted octanol–water partition coefficient (Wildman–Crippen LogP) is 4.43. The average Bonchev–Trinajstić information content (AvgIpc) is 3.29. The maximum Gasteiger partial charge on any atom is 0.256 e. The molecule has 0 radical (unpaired) electrons. The van der Waals surface area contributed by atoms with E-state index in [4.69, 9.17) is 16.3 Å². The number of methoxy groups -OCH3 is 1. The van der Waals surface area contributed by atoms with E-state index in [0.717, 1.165) is 69.0 Å². The number of halogens is 1. The summed E-state index contributed by atoms with van der Waals surface area (Å²) in [6.07, 6.45) is 3.82. The number of nitrogens with one attached hydrogen (secondary N) is 2. The van der Waals surface area contributed by atoms with Gasteiger partial charge in [0, 0.05) is 70.2 Å². The number of hydrogen-bond donors (Lipinski definition) is 2. The first-order valence-corrected chi connectivity index (χ1v) is 14.6. The van der Waals surface area contributed by atoms with Gasteiger partial charge in [0.2, 0.25) is 5.95 Å². The summed E-state index contributed by atoms with van der Waals surface area (Å²) < 4.78 is 5.43. The molecule has 2 saturated heterocycles. The Morgan fingerprint density at radius 2 is 1.71 bits per heavy atom. The van der Waals surface area contributed by atoms with Crippen molar-refractivity contribution in [3.05, 3.63) is 58.7 Å². The van der Waals surface area contributed by atoms with Crippen LogP contribution in [0.15, 0.2) is 42.6 Å². The molecule has 3 aliphatic rings. The number of rotatable bonds is 7. The van der Waals surface area contributed by atoms with Gasteiger partial charge in [0.1, 0.15) is 10.8 Å². The third-order valence-corrected chi connectivity index (χ3v) is 8.73. The van der Waals surface area contributed by atoms with Gasteiger partial charge in [-0.15, -0.1) is 0 Å². The minimum atomic E-state index is -0.00535. The van der Waals surface area contributed by atoms with E-state index < -0.39 is 0 Å². The van der Waals surface area contributed by atoms with Crippen molar-refractivity contribution >= 4 is 46.3 Å². The van der Waals surface area contributed by atoms with Crippen LogP contribution in [-0.2, 0) is 6.54 Å². The van der Waals surface area contributed by atoms with Crippen LogP contribution in [0, 0.1) is 0 Å². The Balaban J connectivity index is 1.22. The number of nitrogens with zero attached hydrogens (tertiary/aromatic N) is 6. The van der Waals surface area contributed by atoms with Gasteiger partial charge in [-0.25, -0.2) is 4.98 Å². The van der Waals surface area contributed by atoms with E-state index in [1.165, 1.54) is 0 Å². The van der Waals surface area contributed by atoms with Crippen LogP contribution in [0.3, 0.4) is 0 Å². The Morgan fingerprint density at radius 1 is 0.951 bits per heavy atom. The molecule has 4 heterocycles. The highest BCUT2D eigenvalue weighted by atomic mass is 35.5. The summed E-state index contributed by atoms with van der Waals surface area (Å²) in [5, 5.41) is 6.88. The summed E-state index contributed by atoms with van der Waals surface area (Å²) in [6, 6.07) is 12.3. The Morgan fingerprint density at radius 3 is 2.46 bits per heavy atom. The zero-order chi connectivity index (χ0) is 28.5. The lowest BCUT2D eigenvalue weighted by Gasteiger charge is -2.43. The van der Waals surface area contributed by atoms with E-state index in [9.17, 15) is 4.79 Å².